The molecule has 0 fully saturated rings. The smallest absolute Gasteiger partial charge is 0.206 e. The molecule has 0 bridgehead atoms. The van der Waals surface area contributed by atoms with E-state index < -0.39 is 11.9 Å². The van der Waals surface area contributed by atoms with Crippen molar-refractivity contribution in [2.24, 2.45) is 0 Å². The lowest BCUT2D eigenvalue weighted by Crippen LogP contribution is -2.12. The molecule has 0 saturated heterocycles. The highest BCUT2D eigenvalue weighted by molar-refractivity contribution is 5.51. The van der Waals surface area contributed by atoms with Gasteiger partial charge in [0.1, 0.15) is 6.10 Å². The molecule has 2 heterocycles. The van der Waals surface area contributed by atoms with Crippen molar-refractivity contribution < 1.29 is 14.2 Å². The van der Waals surface area contributed by atoms with Crippen LogP contribution >= 0.6 is 0 Å². The molecular formula is C15H14FN5O2. The first kappa shape index (κ1) is 15.0. The molecule has 3 rings (SSSR count). The van der Waals surface area contributed by atoms with E-state index in [0.29, 0.717) is 11.4 Å². The molecule has 118 valence electrons. The van der Waals surface area contributed by atoms with Gasteiger partial charge in [0.15, 0.2) is 11.6 Å². The number of ether oxygens (including phenoxy) is 1. The molecule has 1 aromatic carbocycles. The Balaban J connectivity index is 1.74. The Bertz CT molecular complexity index is 794. The summed E-state index contributed by atoms with van der Waals surface area (Å²) >= 11 is 0. The lowest BCUT2D eigenvalue weighted by Gasteiger charge is -2.11. The standard InChI is InChI=1S/C15H14FN5O2/c1-23-14-5-4-10(7-12(14)16)13(22)9-21-19-15(18-20-21)11-3-2-6-17-8-11/h2-8,13,22H,9H2,1H3. The van der Waals surface area contributed by atoms with Crippen molar-refractivity contribution in [3.8, 4) is 17.1 Å². The predicted octanol–water partition coefficient (Wildman–Crippen LogP) is 1.62. The maximum absolute atomic E-state index is 13.7. The van der Waals surface area contributed by atoms with Crippen LogP contribution in [0, 0.1) is 5.82 Å². The van der Waals surface area contributed by atoms with Crippen LogP contribution in [-0.4, -0.2) is 37.4 Å². The van der Waals surface area contributed by atoms with Crippen LogP contribution in [0.4, 0.5) is 4.39 Å². The number of methoxy groups -OCH3 is 1. The van der Waals surface area contributed by atoms with Crippen molar-refractivity contribution in [3.63, 3.8) is 0 Å². The maximum atomic E-state index is 13.7. The summed E-state index contributed by atoms with van der Waals surface area (Å²) in [6, 6.07) is 7.85. The highest BCUT2D eigenvalue weighted by atomic mass is 19.1. The Hall–Kier alpha value is -2.87. The Labute approximate surface area is 131 Å². The summed E-state index contributed by atoms with van der Waals surface area (Å²) in [6.07, 6.45) is 2.30. The third kappa shape index (κ3) is 3.32. The van der Waals surface area contributed by atoms with E-state index in [1.54, 1.807) is 24.5 Å². The first-order valence-electron chi connectivity index (χ1n) is 6.87. The molecule has 0 radical (unpaired) electrons. The number of halogens is 1. The molecule has 0 spiro atoms. The number of hydrogen-bond donors (Lipinski definition) is 1. The van der Waals surface area contributed by atoms with Crippen molar-refractivity contribution in [2.75, 3.05) is 7.11 Å². The number of rotatable bonds is 5. The highest BCUT2D eigenvalue weighted by Gasteiger charge is 2.14. The second-order valence-corrected chi connectivity index (χ2v) is 4.82. The van der Waals surface area contributed by atoms with Crippen molar-refractivity contribution in [3.05, 3.63) is 54.1 Å². The zero-order valence-corrected chi connectivity index (χ0v) is 12.3. The number of aromatic nitrogens is 5. The van der Waals surface area contributed by atoms with Gasteiger partial charge < -0.3 is 9.84 Å². The Morgan fingerprint density at radius 1 is 1.35 bits per heavy atom. The second-order valence-electron chi connectivity index (χ2n) is 4.82. The van der Waals surface area contributed by atoms with Gasteiger partial charge in [-0.2, -0.15) is 4.80 Å². The Kier molecular flexibility index (Phi) is 4.24. The fraction of sp³-hybridized carbons (Fsp3) is 0.200. The van der Waals surface area contributed by atoms with E-state index in [2.05, 4.69) is 20.4 Å². The van der Waals surface area contributed by atoms with Crippen LogP contribution in [0.15, 0.2) is 42.7 Å². The van der Waals surface area contributed by atoms with E-state index in [-0.39, 0.29) is 12.3 Å². The quantitative estimate of drug-likeness (QED) is 0.770. The molecule has 3 aromatic rings. The van der Waals surface area contributed by atoms with Crippen LogP contribution < -0.4 is 4.74 Å². The zero-order valence-electron chi connectivity index (χ0n) is 12.3. The van der Waals surface area contributed by atoms with Gasteiger partial charge >= 0.3 is 0 Å². The monoisotopic (exact) mass is 315 g/mol. The molecule has 0 aliphatic rings. The van der Waals surface area contributed by atoms with E-state index >= 15 is 0 Å². The molecule has 0 aliphatic carbocycles. The summed E-state index contributed by atoms with van der Waals surface area (Å²) < 4.78 is 18.5. The van der Waals surface area contributed by atoms with Crippen molar-refractivity contribution in [1.82, 2.24) is 25.2 Å². The minimum absolute atomic E-state index is 0.0546. The summed E-state index contributed by atoms with van der Waals surface area (Å²) in [5.74, 6) is -0.00319. The summed E-state index contributed by atoms with van der Waals surface area (Å²) in [5.41, 5.74) is 1.13. The maximum Gasteiger partial charge on any atom is 0.206 e. The molecule has 2 aromatic heterocycles. The largest absolute Gasteiger partial charge is 0.494 e. The van der Waals surface area contributed by atoms with Crippen molar-refractivity contribution in [1.29, 1.82) is 0 Å². The van der Waals surface area contributed by atoms with Gasteiger partial charge in [0, 0.05) is 18.0 Å². The van der Waals surface area contributed by atoms with Crippen LogP contribution in [0.25, 0.3) is 11.4 Å². The molecule has 0 saturated carbocycles. The van der Waals surface area contributed by atoms with Crippen LogP contribution in [0.2, 0.25) is 0 Å². The van der Waals surface area contributed by atoms with Crippen molar-refractivity contribution >= 4 is 0 Å². The number of aliphatic hydroxyl groups excluding tert-OH is 1. The first-order valence-corrected chi connectivity index (χ1v) is 6.87. The van der Waals surface area contributed by atoms with Crippen LogP contribution in [0.5, 0.6) is 5.75 Å². The van der Waals surface area contributed by atoms with Gasteiger partial charge in [-0.05, 0) is 35.0 Å². The van der Waals surface area contributed by atoms with Gasteiger partial charge in [0.05, 0.1) is 13.7 Å². The molecule has 8 heteroatoms. The molecule has 0 aliphatic heterocycles. The number of aliphatic hydroxyl groups is 1. The zero-order chi connectivity index (χ0) is 16.2. The predicted molar refractivity (Wildman–Crippen MR) is 79.0 cm³/mol. The third-order valence-electron chi connectivity index (χ3n) is 3.27. The van der Waals surface area contributed by atoms with Gasteiger partial charge in [0.25, 0.3) is 0 Å². The average Bonchev–Trinajstić information content (AvgIpc) is 3.04. The lowest BCUT2D eigenvalue weighted by molar-refractivity contribution is 0.144. The fourth-order valence-electron chi connectivity index (χ4n) is 2.08. The first-order chi connectivity index (χ1) is 11.2. The molecule has 1 atom stereocenters. The second kappa shape index (κ2) is 6.49. The SMILES string of the molecule is COc1ccc(C(O)Cn2nnc(-c3cccnc3)n2)cc1F. The average molecular weight is 315 g/mol. The normalized spacial score (nSPS) is 12.1. The van der Waals surface area contributed by atoms with Crippen molar-refractivity contribution in [2.45, 2.75) is 12.6 Å². The number of nitrogens with zero attached hydrogens (tertiary/aromatic N) is 5. The van der Waals surface area contributed by atoms with E-state index in [4.69, 9.17) is 4.74 Å². The van der Waals surface area contributed by atoms with E-state index in [0.717, 1.165) is 5.56 Å². The Morgan fingerprint density at radius 3 is 2.91 bits per heavy atom. The third-order valence-corrected chi connectivity index (χ3v) is 3.27. The minimum Gasteiger partial charge on any atom is -0.494 e. The Morgan fingerprint density at radius 2 is 2.22 bits per heavy atom. The number of hydrogen-bond acceptors (Lipinski definition) is 6. The number of benzene rings is 1. The van der Waals surface area contributed by atoms with Crippen LogP contribution in [0.3, 0.4) is 0 Å². The van der Waals surface area contributed by atoms with Gasteiger partial charge in [-0.25, -0.2) is 4.39 Å². The fourth-order valence-corrected chi connectivity index (χ4v) is 2.08. The molecule has 0 amide bonds. The summed E-state index contributed by atoms with van der Waals surface area (Å²) in [4.78, 5) is 5.24. The number of tetrazole rings is 1. The summed E-state index contributed by atoms with van der Waals surface area (Å²) in [5, 5.41) is 22.2. The minimum atomic E-state index is -0.966. The van der Waals surface area contributed by atoms with E-state index in [1.165, 1.54) is 24.0 Å². The number of pyridine rings is 1. The topological polar surface area (TPSA) is 86.0 Å². The van der Waals surface area contributed by atoms with E-state index in [1.807, 2.05) is 6.07 Å². The van der Waals surface area contributed by atoms with Gasteiger partial charge in [-0.15, -0.1) is 10.2 Å². The van der Waals surface area contributed by atoms with Crippen LogP contribution in [0.1, 0.15) is 11.7 Å². The molecule has 7 nitrogen and oxygen atoms in total. The molecule has 23 heavy (non-hydrogen) atoms. The lowest BCUT2D eigenvalue weighted by atomic mass is 10.1. The van der Waals surface area contributed by atoms with Crippen LogP contribution in [-0.2, 0) is 6.54 Å². The highest BCUT2D eigenvalue weighted by Crippen LogP contribution is 2.22. The van der Waals surface area contributed by atoms with Gasteiger partial charge in [0.2, 0.25) is 5.82 Å². The van der Waals surface area contributed by atoms with E-state index in [9.17, 15) is 9.50 Å². The summed E-state index contributed by atoms with van der Waals surface area (Å²) in [7, 11) is 1.38. The summed E-state index contributed by atoms with van der Waals surface area (Å²) in [6.45, 7) is 0.0546. The molecule has 1 unspecified atom stereocenters. The van der Waals surface area contributed by atoms with Gasteiger partial charge in [-0.3, -0.25) is 4.98 Å². The molecule has 1 N–H and O–H groups in total. The molecular weight excluding hydrogens is 301 g/mol. The van der Waals surface area contributed by atoms with Gasteiger partial charge in [-0.1, -0.05) is 6.07 Å².